The normalized spacial score (nSPS) is 14.2. The monoisotopic (exact) mass is 438 g/mol. The second-order valence-electron chi connectivity index (χ2n) is 7.48. The van der Waals surface area contributed by atoms with Crippen LogP contribution in [0, 0.1) is 6.92 Å². The zero-order valence-electron chi connectivity index (χ0n) is 17.8. The molecule has 3 rings (SSSR count). The molecule has 0 heterocycles. The van der Waals surface area contributed by atoms with Crippen molar-refractivity contribution in [3.63, 3.8) is 0 Å². The third-order valence-corrected chi connectivity index (χ3v) is 6.18. The Hall–Kier alpha value is -2.15. The molecule has 31 heavy (non-hydrogen) atoms. The lowest BCUT2D eigenvalue weighted by Crippen LogP contribution is -2.42. The highest BCUT2D eigenvalue weighted by Gasteiger charge is 2.30. The second-order valence-corrected chi connectivity index (χ2v) is 8.79. The Bertz CT molecular complexity index is 871. The van der Waals surface area contributed by atoms with E-state index in [-0.39, 0.29) is 18.5 Å². The molecule has 0 saturated heterocycles. The maximum Gasteiger partial charge on any atom is 0.105 e. The van der Waals surface area contributed by atoms with Gasteiger partial charge in [-0.1, -0.05) is 78.4 Å². The Morgan fingerprint density at radius 2 is 1.39 bits per heavy atom. The van der Waals surface area contributed by atoms with Crippen LogP contribution in [0.4, 0.5) is 0 Å². The van der Waals surface area contributed by atoms with Gasteiger partial charge in [0.15, 0.2) is 0 Å². The number of thioether (sulfide) groups is 1. The maximum atomic E-state index is 10.9. The molecule has 0 aromatic heterocycles. The number of aryl methyl sites for hydroxylation is 1. The first-order chi connectivity index (χ1) is 15.2. The molecular formula is C26H30O4S. The molecule has 164 valence electrons. The average molecular weight is 439 g/mol. The Labute approximate surface area is 188 Å². The van der Waals surface area contributed by atoms with Crippen molar-refractivity contribution in [2.45, 2.75) is 42.5 Å². The smallest absolute Gasteiger partial charge is 0.105 e. The molecule has 0 fully saturated rings. The minimum absolute atomic E-state index is 0.117. The fourth-order valence-corrected chi connectivity index (χ4v) is 4.31. The van der Waals surface area contributed by atoms with Gasteiger partial charge >= 0.3 is 0 Å². The van der Waals surface area contributed by atoms with Gasteiger partial charge in [-0.3, -0.25) is 0 Å². The van der Waals surface area contributed by atoms with Crippen molar-refractivity contribution in [1.82, 2.24) is 0 Å². The minimum atomic E-state index is -0.873. The van der Waals surface area contributed by atoms with Crippen LogP contribution >= 0.6 is 11.8 Å². The van der Waals surface area contributed by atoms with Crippen LogP contribution in [0.3, 0.4) is 0 Å². The predicted molar refractivity (Wildman–Crippen MR) is 125 cm³/mol. The lowest BCUT2D eigenvalue weighted by Gasteiger charge is -2.29. The van der Waals surface area contributed by atoms with E-state index in [9.17, 15) is 10.2 Å². The van der Waals surface area contributed by atoms with Crippen LogP contribution in [0.5, 0.6) is 0 Å². The van der Waals surface area contributed by atoms with E-state index in [1.54, 1.807) is 0 Å². The summed E-state index contributed by atoms with van der Waals surface area (Å²) in [4.78, 5) is 1.02. The molecule has 0 radical (unpaired) electrons. The fraction of sp³-hybridized carbons (Fsp3) is 0.308. The molecular weight excluding hydrogens is 408 g/mol. The van der Waals surface area contributed by atoms with E-state index in [1.165, 1.54) is 17.3 Å². The van der Waals surface area contributed by atoms with Gasteiger partial charge in [0.25, 0.3) is 0 Å². The molecule has 2 N–H and O–H groups in total. The number of rotatable bonds is 12. The second kappa shape index (κ2) is 12.6. The van der Waals surface area contributed by atoms with Crippen LogP contribution in [-0.4, -0.2) is 40.9 Å². The van der Waals surface area contributed by atoms with Gasteiger partial charge in [-0.2, -0.15) is 0 Å². The molecule has 0 saturated carbocycles. The van der Waals surface area contributed by atoms with Crippen LogP contribution < -0.4 is 0 Å². The average Bonchev–Trinajstić information content (AvgIpc) is 2.81. The van der Waals surface area contributed by atoms with E-state index in [0.29, 0.717) is 13.2 Å². The SMILES string of the molecule is Cc1ccc(S[C@H](CO)[C@H](OCc2ccccc2)[C@H](O)COCc2ccccc2)cc1. The summed E-state index contributed by atoms with van der Waals surface area (Å²) < 4.78 is 11.9. The molecule has 0 aliphatic heterocycles. The van der Waals surface area contributed by atoms with Gasteiger partial charge in [0.1, 0.15) is 12.2 Å². The number of ether oxygens (including phenoxy) is 2. The summed E-state index contributed by atoms with van der Waals surface area (Å²) in [5, 5.41) is 20.7. The molecule has 0 aliphatic carbocycles. The maximum absolute atomic E-state index is 10.9. The highest BCUT2D eigenvalue weighted by Crippen LogP contribution is 2.29. The quantitative estimate of drug-likeness (QED) is 0.405. The van der Waals surface area contributed by atoms with Gasteiger partial charge in [-0.05, 0) is 30.2 Å². The molecule has 3 aromatic rings. The van der Waals surface area contributed by atoms with Gasteiger partial charge < -0.3 is 19.7 Å². The number of aliphatic hydroxyl groups excluding tert-OH is 2. The van der Waals surface area contributed by atoms with Crippen molar-refractivity contribution in [1.29, 1.82) is 0 Å². The standard InChI is InChI=1S/C26H30O4S/c1-20-12-14-23(15-13-20)31-25(16-27)26(30-18-22-10-6-3-7-11-22)24(28)19-29-17-21-8-4-2-5-9-21/h2-15,24-28H,16-19H2,1H3/t24-,25-,26-/m1/s1. The zero-order valence-corrected chi connectivity index (χ0v) is 18.6. The van der Waals surface area contributed by atoms with E-state index in [0.717, 1.165) is 16.0 Å². The first-order valence-corrected chi connectivity index (χ1v) is 11.3. The summed E-state index contributed by atoms with van der Waals surface area (Å²) >= 11 is 1.51. The number of benzene rings is 3. The zero-order chi connectivity index (χ0) is 21.9. The summed E-state index contributed by atoms with van der Waals surface area (Å²) in [6.45, 7) is 2.81. The highest BCUT2D eigenvalue weighted by molar-refractivity contribution is 8.00. The molecule has 4 nitrogen and oxygen atoms in total. The molecule has 0 spiro atoms. The number of aliphatic hydroxyl groups is 2. The molecule has 5 heteroatoms. The third-order valence-electron chi connectivity index (χ3n) is 4.92. The molecule has 0 aliphatic rings. The lowest BCUT2D eigenvalue weighted by molar-refractivity contribution is -0.0846. The van der Waals surface area contributed by atoms with Crippen molar-refractivity contribution < 1.29 is 19.7 Å². The van der Waals surface area contributed by atoms with Gasteiger partial charge in [-0.15, -0.1) is 11.8 Å². The molecule has 0 bridgehead atoms. The van der Waals surface area contributed by atoms with Crippen LogP contribution in [0.1, 0.15) is 16.7 Å². The molecule has 3 aromatic carbocycles. The number of hydrogen-bond donors (Lipinski definition) is 2. The van der Waals surface area contributed by atoms with Crippen molar-refractivity contribution >= 4 is 11.8 Å². The van der Waals surface area contributed by atoms with Gasteiger partial charge in [0, 0.05) is 4.90 Å². The van der Waals surface area contributed by atoms with Crippen molar-refractivity contribution in [2.24, 2.45) is 0 Å². The predicted octanol–water partition coefficient (Wildman–Crippen LogP) is 4.61. The summed E-state index contributed by atoms with van der Waals surface area (Å²) in [7, 11) is 0. The van der Waals surface area contributed by atoms with Crippen molar-refractivity contribution in [3.05, 3.63) is 102 Å². The molecule has 3 atom stereocenters. The van der Waals surface area contributed by atoms with Crippen molar-refractivity contribution in [2.75, 3.05) is 13.2 Å². The largest absolute Gasteiger partial charge is 0.395 e. The Morgan fingerprint density at radius 3 is 1.97 bits per heavy atom. The van der Waals surface area contributed by atoms with E-state index in [2.05, 4.69) is 0 Å². The van der Waals surface area contributed by atoms with Gasteiger partial charge in [0.2, 0.25) is 0 Å². The first kappa shape index (κ1) is 23.5. The van der Waals surface area contributed by atoms with Crippen LogP contribution in [0.25, 0.3) is 0 Å². The summed E-state index contributed by atoms with van der Waals surface area (Å²) in [5.41, 5.74) is 3.24. The molecule has 0 unspecified atom stereocenters. The van der Waals surface area contributed by atoms with Gasteiger partial charge in [0.05, 0.1) is 31.7 Å². The van der Waals surface area contributed by atoms with E-state index >= 15 is 0 Å². The third kappa shape index (κ3) is 7.80. The Kier molecular flexibility index (Phi) is 9.59. The number of hydrogen-bond acceptors (Lipinski definition) is 5. The Balaban J connectivity index is 1.66. The summed E-state index contributed by atoms with van der Waals surface area (Å²) in [5.74, 6) is 0. The van der Waals surface area contributed by atoms with E-state index in [4.69, 9.17) is 9.47 Å². The van der Waals surface area contributed by atoms with Crippen molar-refractivity contribution in [3.8, 4) is 0 Å². The van der Waals surface area contributed by atoms with Crippen LogP contribution in [0.15, 0.2) is 89.8 Å². The summed E-state index contributed by atoms with van der Waals surface area (Å²) in [6, 6.07) is 27.8. The lowest BCUT2D eigenvalue weighted by atomic mass is 10.1. The summed E-state index contributed by atoms with van der Waals surface area (Å²) in [6.07, 6.45) is -1.46. The van der Waals surface area contributed by atoms with Crippen LogP contribution in [-0.2, 0) is 22.7 Å². The van der Waals surface area contributed by atoms with E-state index < -0.39 is 12.2 Å². The minimum Gasteiger partial charge on any atom is -0.395 e. The van der Waals surface area contributed by atoms with E-state index in [1.807, 2.05) is 91.9 Å². The highest BCUT2D eigenvalue weighted by atomic mass is 32.2. The Morgan fingerprint density at radius 1 is 0.806 bits per heavy atom. The molecule has 0 amide bonds. The topological polar surface area (TPSA) is 58.9 Å². The van der Waals surface area contributed by atoms with Gasteiger partial charge in [-0.25, -0.2) is 0 Å². The van der Waals surface area contributed by atoms with Crippen LogP contribution in [0.2, 0.25) is 0 Å². The first-order valence-electron chi connectivity index (χ1n) is 10.4. The fourth-order valence-electron chi connectivity index (χ4n) is 3.20.